The quantitative estimate of drug-likeness (QED) is 0.701. The lowest BCUT2D eigenvalue weighted by atomic mass is 10.0. The van der Waals surface area contributed by atoms with Crippen LogP contribution in [0.4, 0.5) is 0 Å². The Labute approximate surface area is 164 Å². The van der Waals surface area contributed by atoms with Crippen molar-refractivity contribution in [2.75, 3.05) is 26.2 Å². The normalized spacial score (nSPS) is 18.6. The molecule has 144 valence electrons. The molecule has 2 rings (SSSR count). The van der Waals surface area contributed by atoms with Crippen LogP contribution in [0.15, 0.2) is 24.3 Å². The number of hydrogen-bond acceptors (Lipinski definition) is 3. The standard InChI is InChI=1S/C19H31N3O.2ClH/c1-15-7-9-17(10-8-15)18(20)19(23)21-11-3-4-12-22-13-5-6-16(2)14-22;;/h7-10,16,18H,3-6,11-14,20H2,1-2H3,(H,21,23);2*1H. The molecule has 1 heterocycles. The Morgan fingerprint density at radius 3 is 2.60 bits per heavy atom. The number of unbranched alkanes of at least 4 members (excludes halogenated alkanes) is 1. The molecule has 6 heteroatoms. The second-order valence-electron chi connectivity index (χ2n) is 6.93. The second-order valence-corrected chi connectivity index (χ2v) is 6.93. The third-order valence-electron chi connectivity index (χ3n) is 4.66. The van der Waals surface area contributed by atoms with Crippen LogP contribution in [0.3, 0.4) is 0 Å². The zero-order valence-corrected chi connectivity index (χ0v) is 17.0. The summed E-state index contributed by atoms with van der Waals surface area (Å²) < 4.78 is 0. The van der Waals surface area contributed by atoms with Gasteiger partial charge in [-0.3, -0.25) is 4.79 Å². The summed E-state index contributed by atoms with van der Waals surface area (Å²) in [5.41, 5.74) is 8.06. The number of nitrogens with one attached hydrogen (secondary N) is 1. The third-order valence-corrected chi connectivity index (χ3v) is 4.66. The largest absolute Gasteiger partial charge is 0.354 e. The number of nitrogens with two attached hydrogens (primary N) is 1. The Kier molecular flexibility index (Phi) is 12.1. The van der Waals surface area contributed by atoms with Crippen LogP contribution in [0.25, 0.3) is 0 Å². The van der Waals surface area contributed by atoms with E-state index in [4.69, 9.17) is 5.73 Å². The number of likely N-dealkylation sites (tertiary alicyclic amines) is 1. The number of piperidine rings is 1. The summed E-state index contributed by atoms with van der Waals surface area (Å²) in [6.45, 7) is 8.67. The van der Waals surface area contributed by atoms with Crippen molar-refractivity contribution in [3.8, 4) is 0 Å². The van der Waals surface area contributed by atoms with E-state index in [0.717, 1.165) is 30.9 Å². The van der Waals surface area contributed by atoms with E-state index in [1.165, 1.54) is 31.5 Å². The van der Waals surface area contributed by atoms with Gasteiger partial charge < -0.3 is 16.0 Å². The van der Waals surface area contributed by atoms with Crippen LogP contribution in [-0.4, -0.2) is 37.0 Å². The van der Waals surface area contributed by atoms with E-state index in [1.54, 1.807) is 0 Å². The minimum absolute atomic E-state index is 0. The molecule has 0 spiro atoms. The Hall–Kier alpha value is -0.810. The SMILES string of the molecule is Cc1ccc(C(N)C(=O)NCCCCN2CCCC(C)C2)cc1.Cl.Cl. The van der Waals surface area contributed by atoms with E-state index in [9.17, 15) is 4.79 Å². The molecule has 0 aliphatic carbocycles. The number of halogens is 2. The molecule has 1 aromatic rings. The Bertz CT molecular complexity index is 496. The number of carbonyl (C=O) groups is 1. The zero-order valence-electron chi connectivity index (χ0n) is 15.4. The maximum absolute atomic E-state index is 12.1. The first-order chi connectivity index (χ1) is 11.1. The number of nitrogens with zero attached hydrogens (tertiary/aromatic N) is 1. The summed E-state index contributed by atoms with van der Waals surface area (Å²) in [4.78, 5) is 14.6. The Morgan fingerprint density at radius 2 is 1.96 bits per heavy atom. The highest BCUT2D eigenvalue weighted by Crippen LogP contribution is 2.15. The summed E-state index contributed by atoms with van der Waals surface area (Å²) in [6.07, 6.45) is 4.83. The van der Waals surface area contributed by atoms with Crippen molar-refractivity contribution in [1.82, 2.24) is 10.2 Å². The average Bonchev–Trinajstić information content (AvgIpc) is 2.54. The minimum Gasteiger partial charge on any atom is -0.354 e. The van der Waals surface area contributed by atoms with Crippen LogP contribution in [0.2, 0.25) is 0 Å². The first-order valence-corrected chi connectivity index (χ1v) is 8.88. The van der Waals surface area contributed by atoms with Crippen molar-refractivity contribution in [3.05, 3.63) is 35.4 Å². The van der Waals surface area contributed by atoms with Crippen molar-refractivity contribution >= 4 is 30.7 Å². The molecule has 0 bridgehead atoms. The van der Waals surface area contributed by atoms with Crippen LogP contribution < -0.4 is 11.1 Å². The first kappa shape index (κ1) is 24.2. The average molecular weight is 390 g/mol. The minimum atomic E-state index is -0.571. The number of hydrogen-bond donors (Lipinski definition) is 2. The Balaban J connectivity index is 0.00000288. The van der Waals surface area contributed by atoms with Crippen molar-refractivity contribution in [2.45, 2.75) is 45.6 Å². The second kappa shape index (κ2) is 12.5. The highest BCUT2D eigenvalue weighted by molar-refractivity contribution is 5.85. The van der Waals surface area contributed by atoms with Crippen LogP contribution in [-0.2, 0) is 4.79 Å². The maximum atomic E-state index is 12.1. The van der Waals surface area contributed by atoms with E-state index in [-0.39, 0.29) is 30.7 Å². The van der Waals surface area contributed by atoms with E-state index in [2.05, 4.69) is 17.1 Å². The van der Waals surface area contributed by atoms with Gasteiger partial charge in [-0.15, -0.1) is 24.8 Å². The van der Waals surface area contributed by atoms with Crippen molar-refractivity contribution in [2.24, 2.45) is 11.7 Å². The van der Waals surface area contributed by atoms with Gasteiger partial charge in [0.2, 0.25) is 5.91 Å². The summed E-state index contributed by atoms with van der Waals surface area (Å²) in [5.74, 6) is 0.747. The monoisotopic (exact) mass is 389 g/mol. The molecule has 2 atom stereocenters. The van der Waals surface area contributed by atoms with Gasteiger partial charge in [-0.2, -0.15) is 0 Å². The summed E-state index contributed by atoms with van der Waals surface area (Å²) in [5, 5.41) is 2.96. The molecule has 3 N–H and O–H groups in total. The van der Waals surface area contributed by atoms with Gasteiger partial charge >= 0.3 is 0 Å². The summed E-state index contributed by atoms with van der Waals surface area (Å²) in [7, 11) is 0. The van der Waals surface area contributed by atoms with Crippen LogP contribution in [0.1, 0.15) is 49.8 Å². The smallest absolute Gasteiger partial charge is 0.241 e. The van der Waals surface area contributed by atoms with Crippen LogP contribution in [0.5, 0.6) is 0 Å². The number of rotatable bonds is 7. The Morgan fingerprint density at radius 1 is 1.28 bits per heavy atom. The number of benzene rings is 1. The lowest BCUT2D eigenvalue weighted by Crippen LogP contribution is -2.36. The van der Waals surface area contributed by atoms with Gasteiger partial charge in [-0.25, -0.2) is 0 Å². The fraction of sp³-hybridized carbons (Fsp3) is 0.632. The molecule has 1 aromatic carbocycles. The molecular weight excluding hydrogens is 357 g/mol. The third kappa shape index (κ3) is 8.41. The van der Waals surface area contributed by atoms with Gasteiger partial charge in [0.15, 0.2) is 0 Å². The van der Waals surface area contributed by atoms with Crippen molar-refractivity contribution in [1.29, 1.82) is 0 Å². The molecule has 1 aliphatic rings. The number of amides is 1. The maximum Gasteiger partial charge on any atom is 0.241 e. The van der Waals surface area contributed by atoms with Gasteiger partial charge in [0.05, 0.1) is 0 Å². The van der Waals surface area contributed by atoms with E-state index in [1.807, 2.05) is 31.2 Å². The van der Waals surface area contributed by atoms with E-state index in [0.29, 0.717) is 6.54 Å². The van der Waals surface area contributed by atoms with Crippen LogP contribution in [0, 0.1) is 12.8 Å². The summed E-state index contributed by atoms with van der Waals surface area (Å²) >= 11 is 0. The van der Waals surface area contributed by atoms with Crippen molar-refractivity contribution in [3.63, 3.8) is 0 Å². The predicted octanol–water partition coefficient (Wildman–Crippen LogP) is 3.47. The molecule has 0 radical (unpaired) electrons. The topological polar surface area (TPSA) is 58.4 Å². The number of aryl methyl sites for hydroxylation is 1. The highest BCUT2D eigenvalue weighted by atomic mass is 35.5. The molecule has 1 fully saturated rings. The van der Waals surface area contributed by atoms with E-state index >= 15 is 0 Å². The van der Waals surface area contributed by atoms with Gasteiger partial charge in [0, 0.05) is 13.1 Å². The first-order valence-electron chi connectivity index (χ1n) is 8.88. The fourth-order valence-electron chi connectivity index (χ4n) is 3.20. The zero-order chi connectivity index (χ0) is 16.7. The molecule has 0 saturated carbocycles. The van der Waals surface area contributed by atoms with Gasteiger partial charge in [-0.05, 0) is 57.2 Å². The fourth-order valence-corrected chi connectivity index (χ4v) is 3.20. The lowest BCUT2D eigenvalue weighted by Gasteiger charge is -2.30. The van der Waals surface area contributed by atoms with Gasteiger partial charge in [0.1, 0.15) is 6.04 Å². The van der Waals surface area contributed by atoms with E-state index < -0.39 is 6.04 Å². The highest BCUT2D eigenvalue weighted by Gasteiger charge is 2.16. The molecule has 25 heavy (non-hydrogen) atoms. The van der Waals surface area contributed by atoms with Crippen molar-refractivity contribution < 1.29 is 4.79 Å². The molecule has 4 nitrogen and oxygen atoms in total. The molecule has 2 unspecified atom stereocenters. The van der Waals surface area contributed by atoms with Crippen LogP contribution >= 0.6 is 24.8 Å². The molecule has 1 aliphatic heterocycles. The lowest BCUT2D eigenvalue weighted by molar-refractivity contribution is -0.122. The summed E-state index contributed by atoms with van der Waals surface area (Å²) in [6, 6.07) is 7.26. The van der Waals surface area contributed by atoms with Gasteiger partial charge in [-0.1, -0.05) is 36.8 Å². The van der Waals surface area contributed by atoms with Gasteiger partial charge in [0.25, 0.3) is 0 Å². The number of carbonyl (C=O) groups excluding carboxylic acids is 1. The molecule has 0 aromatic heterocycles. The molecule has 1 saturated heterocycles. The molecular formula is C19H33Cl2N3O. The predicted molar refractivity (Wildman–Crippen MR) is 110 cm³/mol. The molecule has 1 amide bonds.